The second-order valence-electron chi connectivity index (χ2n) is 4.65. The number of nitrogens with zero attached hydrogens (tertiary/aromatic N) is 1. The summed E-state index contributed by atoms with van der Waals surface area (Å²) in [7, 11) is 0. The molecular weight excluding hydrogens is 270 g/mol. The lowest BCUT2D eigenvalue weighted by Gasteiger charge is -2.00. The summed E-state index contributed by atoms with van der Waals surface area (Å²) in [5.74, 6) is 0. The lowest BCUT2D eigenvalue weighted by molar-refractivity contribution is 0.654. The van der Waals surface area contributed by atoms with E-state index in [1.807, 2.05) is 54.6 Å². The van der Waals surface area contributed by atoms with Gasteiger partial charge in [0.1, 0.15) is 5.58 Å². The van der Waals surface area contributed by atoms with E-state index >= 15 is 0 Å². The summed E-state index contributed by atoms with van der Waals surface area (Å²) in [5.41, 5.74) is 3.44. The zero-order valence-electron chi connectivity index (χ0n) is 10.5. The average Bonchev–Trinajstić information content (AvgIpc) is 2.85. The van der Waals surface area contributed by atoms with Gasteiger partial charge in [0.2, 0.25) is 5.71 Å². The molecule has 0 bridgehead atoms. The van der Waals surface area contributed by atoms with Crippen molar-refractivity contribution in [1.29, 1.82) is 0 Å². The van der Waals surface area contributed by atoms with Gasteiger partial charge in [0.15, 0.2) is 0 Å². The van der Waals surface area contributed by atoms with Crippen molar-refractivity contribution in [3.05, 3.63) is 65.7 Å². The minimum Gasteiger partial charge on any atom is -0.438 e. The minimum atomic E-state index is 0.665. The maximum Gasteiger partial charge on any atom is 0.227 e. The van der Waals surface area contributed by atoms with Crippen LogP contribution in [0, 0.1) is 0 Å². The minimum absolute atomic E-state index is 0.665. The third-order valence-corrected chi connectivity index (χ3v) is 3.64. The SMILES string of the molecule is Clc1ccc(-c2ccc3c(n2)oc2ccccc23)cc1. The van der Waals surface area contributed by atoms with Crippen molar-refractivity contribution in [2.45, 2.75) is 0 Å². The summed E-state index contributed by atoms with van der Waals surface area (Å²) in [5, 5.41) is 2.86. The molecule has 0 aliphatic rings. The highest BCUT2D eigenvalue weighted by Crippen LogP contribution is 2.29. The van der Waals surface area contributed by atoms with Gasteiger partial charge in [-0.05, 0) is 30.3 Å². The maximum absolute atomic E-state index is 5.91. The van der Waals surface area contributed by atoms with Crippen LogP contribution in [-0.2, 0) is 0 Å². The van der Waals surface area contributed by atoms with Crippen LogP contribution in [0.25, 0.3) is 33.3 Å². The highest BCUT2D eigenvalue weighted by atomic mass is 35.5. The normalized spacial score (nSPS) is 11.2. The summed E-state index contributed by atoms with van der Waals surface area (Å²) in [6, 6.07) is 19.7. The van der Waals surface area contributed by atoms with E-state index in [1.54, 1.807) is 0 Å². The Hall–Kier alpha value is -2.32. The lowest BCUT2D eigenvalue weighted by atomic mass is 10.1. The molecule has 0 saturated heterocycles. The number of hydrogen-bond donors (Lipinski definition) is 0. The van der Waals surface area contributed by atoms with E-state index in [2.05, 4.69) is 11.1 Å². The van der Waals surface area contributed by atoms with Crippen LogP contribution in [0.1, 0.15) is 0 Å². The van der Waals surface area contributed by atoms with E-state index in [4.69, 9.17) is 16.0 Å². The van der Waals surface area contributed by atoms with Crippen LogP contribution in [0.3, 0.4) is 0 Å². The van der Waals surface area contributed by atoms with Crippen LogP contribution in [0.4, 0.5) is 0 Å². The number of rotatable bonds is 1. The fourth-order valence-corrected chi connectivity index (χ4v) is 2.51. The summed E-state index contributed by atoms with van der Waals surface area (Å²) in [6.07, 6.45) is 0. The lowest BCUT2D eigenvalue weighted by Crippen LogP contribution is -1.82. The molecule has 0 amide bonds. The van der Waals surface area contributed by atoms with Crippen molar-refractivity contribution in [2.75, 3.05) is 0 Å². The van der Waals surface area contributed by atoms with Crippen molar-refractivity contribution >= 4 is 33.7 Å². The van der Waals surface area contributed by atoms with Gasteiger partial charge in [-0.2, -0.15) is 0 Å². The third-order valence-electron chi connectivity index (χ3n) is 3.38. The smallest absolute Gasteiger partial charge is 0.227 e. The van der Waals surface area contributed by atoms with Crippen LogP contribution in [0.15, 0.2) is 65.1 Å². The van der Waals surface area contributed by atoms with Crippen LogP contribution < -0.4 is 0 Å². The Morgan fingerprint density at radius 3 is 2.45 bits per heavy atom. The Morgan fingerprint density at radius 2 is 1.60 bits per heavy atom. The first-order valence-electron chi connectivity index (χ1n) is 6.35. The molecule has 2 nitrogen and oxygen atoms in total. The fraction of sp³-hybridized carbons (Fsp3) is 0. The molecule has 96 valence electrons. The van der Waals surface area contributed by atoms with Gasteiger partial charge in [-0.25, -0.2) is 4.98 Å². The number of furan rings is 1. The second kappa shape index (κ2) is 4.36. The Balaban J connectivity index is 1.94. The third kappa shape index (κ3) is 1.77. The molecule has 2 aromatic heterocycles. The molecule has 2 heterocycles. The Morgan fingerprint density at radius 1 is 0.800 bits per heavy atom. The number of para-hydroxylation sites is 1. The average molecular weight is 280 g/mol. The van der Waals surface area contributed by atoms with Gasteiger partial charge < -0.3 is 4.42 Å². The van der Waals surface area contributed by atoms with E-state index in [1.165, 1.54) is 0 Å². The zero-order valence-corrected chi connectivity index (χ0v) is 11.3. The maximum atomic E-state index is 5.91. The molecule has 3 heteroatoms. The molecule has 2 aromatic carbocycles. The Labute approximate surface area is 120 Å². The highest BCUT2D eigenvalue weighted by Gasteiger charge is 2.09. The van der Waals surface area contributed by atoms with E-state index in [0.717, 1.165) is 32.6 Å². The predicted molar refractivity (Wildman–Crippen MR) is 82.0 cm³/mol. The first kappa shape index (κ1) is 11.5. The molecule has 0 fully saturated rings. The van der Waals surface area contributed by atoms with Crippen LogP contribution in [0.5, 0.6) is 0 Å². The number of hydrogen-bond acceptors (Lipinski definition) is 2. The van der Waals surface area contributed by atoms with E-state index in [-0.39, 0.29) is 0 Å². The summed E-state index contributed by atoms with van der Waals surface area (Å²) < 4.78 is 5.80. The fourth-order valence-electron chi connectivity index (χ4n) is 2.39. The van der Waals surface area contributed by atoms with Gasteiger partial charge in [-0.15, -0.1) is 0 Å². The number of halogens is 1. The zero-order chi connectivity index (χ0) is 13.5. The summed E-state index contributed by atoms with van der Waals surface area (Å²) in [6.45, 7) is 0. The van der Waals surface area contributed by atoms with Crippen LogP contribution >= 0.6 is 11.6 Å². The summed E-state index contributed by atoms with van der Waals surface area (Å²) >= 11 is 5.91. The molecule has 0 aliphatic carbocycles. The topological polar surface area (TPSA) is 26.0 Å². The van der Waals surface area contributed by atoms with Crippen molar-refractivity contribution < 1.29 is 4.42 Å². The van der Waals surface area contributed by atoms with Crippen molar-refractivity contribution in [2.24, 2.45) is 0 Å². The van der Waals surface area contributed by atoms with E-state index in [9.17, 15) is 0 Å². The Bertz CT molecular complexity index is 909. The molecule has 0 unspecified atom stereocenters. The standard InChI is InChI=1S/C17H10ClNO/c18-12-7-5-11(6-8-12)15-10-9-14-13-3-1-2-4-16(13)20-17(14)19-15/h1-10H. The van der Waals surface area contributed by atoms with Crippen LogP contribution in [-0.4, -0.2) is 4.98 Å². The molecule has 0 spiro atoms. The molecule has 0 atom stereocenters. The molecule has 4 rings (SSSR count). The highest BCUT2D eigenvalue weighted by molar-refractivity contribution is 6.30. The predicted octanol–water partition coefficient (Wildman–Crippen LogP) is 5.30. The molecule has 0 saturated carbocycles. The van der Waals surface area contributed by atoms with Gasteiger partial charge in [0.05, 0.1) is 5.69 Å². The second-order valence-corrected chi connectivity index (χ2v) is 5.09. The molecular formula is C17H10ClNO. The first-order valence-corrected chi connectivity index (χ1v) is 6.73. The van der Waals surface area contributed by atoms with Gasteiger partial charge in [0, 0.05) is 21.4 Å². The number of aromatic nitrogens is 1. The number of pyridine rings is 1. The van der Waals surface area contributed by atoms with Gasteiger partial charge in [-0.1, -0.05) is 41.9 Å². The monoisotopic (exact) mass is 279 g/mol. The van der Waals surface area contributed by atoms with Crippen molar-refractivity contribution in [3.63, 3.8) is 0 Å². The van der Waals surface area contributed by atoms with Crippen LogP contribution in [0.2, 0.25) is 5.02 Å². The first-order chi connectivity index (χ1) is 9.81. The van der Waals surface area contributed by atoms with Gasteiger partial charge in [-0.3, -0.25) is 0 Å². The quantitative estimate of drug-likeness (QED) is 0.472. The van der Waals surface area contributed by atoms with Crippen molar-refractivity contribution in [3.8, 4) is 11.3 Å². The molecule has 20 heavy (non-hydrogen) atoms. The molecule has 0 radical (unpaired) electrons. The number of benzene rings is 2. The number of fused-ring (bicyclic) bond motifs is 3. The van der Waals surface area contributed by atoms with E-state index < -0.39 is 0 Å². The van der Waals surface area contributed by atoms with Crippen molar-refractivity contribution in [1.82, 2.24) is 4.98 Å². The Kier molecular flexibility index (Phi) is 2.51. The van der Waals surface area contributed by atoms with Gasteiger partial charge in [0.25, 0.3) is 0 Å². The van der Waals surface area contributed by atoms with E-state index in [0.29, 0.717) is 5.71 Å². The molecule has 0 aliphatic heterocycles. The largest absolute Gasteiger partial charge is 0.438 e. The van der Waals surface area contributed by atoms with Gasteiger partial charge >= 0.3 is 0 Å². The summed E-state index contributed by atoms with van der Waals surface area (Å²) in [4.78, 5) is 4.60. The molecule has 0 N–H and O–H groups in total. The molecule has 4 aromatic rings.